The highest BCUT2D eigenvalue weighted by atomic mass is 32.2. The van der Waals surface area contributed by atoms with Crippen LogP contribution in [0, 0.1) is 18.3 Å². The molecule has 1 heterocycles. The van der Waals surface area contributed by atoms with Crippen molar-refractivity contribution in [3.63, 3.8) is 0 Å². The number of ether oxygens (including phenoxy) is 1. The average molecular weight is 304 g/mol. The van der Waals surface area contributed by atoms with E-state index >= 15 is 0 Å². The van der Waals surface area contributed by atoms with Gasteiger partial charge in [0.15, 0.2) is 0 Å². The third kappa shape index (κ3) is 3.27. The van der Waals surface area contributed by atoms with Gasteiger partial charge in [-0.05, 0) is 32.6 Å². The van der Waals surface area contributed by atoms with Crippen molar-refractivity contribution in [1.29, 1.82) is 0 Å². The van der Waals surface area contributed by atoms with Crippen LogP contribution in [0.2, 0.25) is 0 Å². The van der Waals surface area contributed by atoms with Crippen molar-refractivity contribution in [2.24, 2.45) is 11.8 Å². The second-order valence-electron chi connectivity index (χ2n) is 7.23. The summed E-state index contributed by atoms with van der Waals surface area (Å²) in [4.78, 5) is 0. The summed E-state index contributed by atoms with van der Waals surface area (Å²) in [5.41, 5.74) is 1.35. The summed E-state index contributed by atoms with van der Waals surface area (Å²) in [6, 6.07) is 10.7. The van der Waals surface area contributed by atoms with Crippen LogP contribution in [0.25, 0.3) is 0 Å². The van der Waals surface area contributed by atoms with Crippen LogP contribution in [-0.4, -0.2) is 22.5 Å². The van der Waals surface area contributed by atoms with Crippen molar-refractivity contribution < 1.29 is 4.74 Å². The van der Waals surface area contributed by atoms with Crippen molar-refractivity contribution in [1.82, 2.24) is 0 Å². The molecule has 2 fully saturated rings. The first kappa shape index (κ1) is 15.3. The molecule has 0 radical (unpaired) electrons. The van der Waals surface area contributed by atoms with E-state index in [1.165, 1.54) is 24.8 Å². The SMILES string of the molecule is CC1CC[C@@H]2[C@@H](C1)OC[S+](C[CH-]c1ccccc1)C2(C)C. The van der Waals surface area contributed by atoms with Gasteiger partial charge in [0.05, 0.1) is 11.9 Å². The monoisotopic (exact) mass is 304 g/mol. The standard InChI is InChI=1S/C19H28OS/c1-15-9-10-17-18(13-15)20-14-21(19(17,2)3)12-11-16-7-5-4-6-8-16/h4-8,11,15,17-18H,9-10,12-14H2,1-3H3/t15?,17-,18-,21?/m1/s1. The molecule has 1 aliphatic carbocycles. The molecule has 2 aliphatic rings. The van der Waals surface area contributed by atoms with Gasteiger partial charge in [0, 0.05) is 16.8 Å². The lowest BCUT2D eigenvalue weighted by Gasteiger charge is -2.46. The lowest BCUT2D eigenvalue weighted by Crippen LogP contribution is -2.55. The Morgan fingerprint density at radius 2 is 2.00 bits per heavy atom. The Labute approximate surface area is 132 Å². The Hall–Kier alpha value is -0.600. The van der Waals surface area contributed by atoms with Crippen molar-refractivity contribution >= 4 is 10.9 Å². The summed E-state index contributed by atoms with van der Waals surface area (Å²) in [6.45, 7) is 7.36. The van der Waals surface area contributed by atoms with Gasteiger partial charge in [-0.15, -0.1) is 18.6 Å². The topological polar surface area (TPSA) is 9.23 Å². The molecule has 1 aliphatic heterocycles. The van der Waals surface area contributed by atoms with Crippen molar-refractivity contribution in [2.45, 2.75) is 50.9 Å². The largest absolute Gasteiger partial charge is 0.332 e. The Bertz CT molecular complexity index is 456. The van der Waals surface area contributed by atoms with Gasteiger partial charge >= 0.3 is 0 Å². The molecular formula is C19H28OS. The number of hydrogen-bond acceptors (Lipinski definition) is 1. The molecule has 1 saturated carbocycles. The van der Waals surface area contributed by atoms with E-state index in [0.29, 0.717) is 21.7 Å². The van der Waals surface area contributed by atoms with Crippen LogP contribution >= 0.6 is 0 Å². The zero-order valence-electron chi connectivity index (χ0n) is 13.5. The molecule has 1 saturated heterocycles. The second kappa shape index (κ2) is 6.26. The minimum atomic E-state index is 0.337. The van der Waals surface area contributed by atoms with E-state index in [9.17, 15) is 0 Å². The molecule has 0 N–H and O–H groups in total. The lowest BCUT2D eigenvalue weighted by molar-refractivity contribution is -0.0249. The molecule has 2 unspecified atom stereocenters. The lowest BCUT2D eigenvalue weighted by atomic mass is 9.75. The first-order valence-corrected chi connectivity index (χ1v) is 9.81. The Morgan fingerprint density at radius 3 is 2.76 bits per heavy atom. The van der Waals surface area contributed by atoms with Gasteiger partial charge in [-0.25, -0.2) is 0 Å². The number of rotatable bonds is 3. The molecule has 0 amide bonds. The van der Waals surface area contributed by atoms with Gasteiger partial charge in [-0.1, -0.05) is 19.4 Å². The van der Waals surface area contributed by atoms with E-state index in [0.717, 1.165) is 23.5 Å². The van der Waals surface area contributed by atoms with Gasteiger partial charge < -0.3 is 4.74 Å². The third-order valence-corrected chi connectivity index (χ3v) is 8.22. The zero-order chi connectivity index (χ0) is 14.9. The van der Waals surface area contributed by atoms with Crippen LogP contribution in [0.1, 0.15) is 45.6 Å². The molecule has 3 rings (SSSR count). The summed E-state index contributed by atoms with van der Waals surface area (Å²) in [5.74, 6) is 3.73. The van der Waals surface area contributed by atoms with Crippen LogP contribution in [0.3, 0.4) is 0 Å². The van der Waals surface area contributed by atoms with Crippen molar-refractivity contribution in [3.05, 3.63) is 42.3 Å². The maximum atomic E-state index is 6.28. The fourth-order valence-corrected chi connectivity index (χ4v) is 6.15. The Morgan fingerprint density at radius 1 is 1.24 bits per heavy atom. The van der Waals surface area contributed by atoms with Gasteiger partial charge in [-0.3, -0.25) is 0 Å². The molecule has 1 aromatic rings. The van der Waals surface area contributed by atoms with Crippen molar-refractivity contribution in [2.75, 3.05) is 11.7 Å². The van der Waals surface area contributed by atoms with Crippen LogP contribution in [0.15, 0.2) is 30.3 Å². The first-order chi connectivity index (χ1) is 10.1. The summed E-state index contributed by atoms with van der Waals surface area (Å²) < 4.78 is 6.71. The quantitative estimate of drug-likeness (QED) is 0.593. The summed E-state index contributed by atoms with van der Waals surface area (Å²) >= 11 is 0. The van der Waals surface area contributed by atoms with Gasteiger partial charge in [0.25, 0.3) is 0 Å². The van der Waals surface area contributed by atoms with E-state index in [-0.39, 0.29) is 0 Å². The van der Waals surface area contributed by atoms with Gasteiger partial charge in [0.2, 0.25) is 5.94 Å². The molecular weight excluding hydrogens is 276 g/mol. The van der Waals surface area contributed by atoms with Crippen LogP contribution in [0.5, 0.6) is 0 Å². The predicted molar refractivity (Wildman–Crippen MR) is 92.4 cm³/mol. The third-order valence-electron chi connectivity index (χ3n) is 5.44. The average Bonchev–Trinajstić information content (AvgIpc) is 2.47. The molecule has 0 spiro atoms. The fraction of sp³-hybridized carbons (Fsp3) is 0.632. The molecule has 1 aromatic carbocycles. The highest BCUT2D eigenvalue weighted by Crippen LogP contribution is 2.45. The number of hydrogen-bond donors (Lipinski definition) is 0. The molecule has 0 bridgehead atoms. The van der Waals surface area contributed by atoms with E-state index in [1.807, 2.05) is 0 Å². The molecule has 0 aromatic heterocycles. The number of fused-ring (bicyclic) bond motifs is 1. The maximum Gasteiger partial charge on any atom is 0.208 e. The highest BCUT2D eigenvalue weighted by Gasteiger charge is 2.53. The summed E-state index contributed by atoms with van der Waals surface area (Å²) in [5, 5.41) is 0. The van der Waals surface area contributed by atoms with Crippen molar-refractivity contribution in [3.8, 4) is 0 Å². The van der Waals surface area contributed by atoms with E-state index in [4.69, 9.17) is 4.74 Å². The zero-order valence-corrected chi connectivity index (χ0v) is 14.4. The minimum Gasteiger partial charge on any atom is -0.332 e. The van der Waals surface area contributed by atoms with E-state index in [2.05, 4.69) is 57.5 Å². The minimum absolute atomic E-state index is 0.337. The molecule has 1 nitrogen and oxygen atoms in total. The molecule has 2 heteroatoms. The first-order valence-electron chi connectivity index (χ1n) is 8.25. The van der Waals surface area contributed by atoms with E-state index < -0.39 is 0 Å². The molecule has 4 atom stereocenters. The van der Waals surface area contributed by atoms with Crippen LogP contribution < -0.4 is 0 Å². The predicted octanol–water partition coefficient (Wildman–Crippen LogP) is 4.43. The number of benzene rings is 1. The van der Waals surface area contributed by atoms with E-state index in [1.54, 1.807) is 0 Å². The second-order valence-corrected chi connectivity index (χ2v) is 9.83. The Balaban J connectivity index is 1.64. The summed E-state index contributed by atoms with van der Waals surface area (Å²) in [6.07, 6.45) is 6.93. The fourth-order valence-electron chi connectivity index (χ4n) is 3.89. The summed E-state index contributed by atoms with van der Waals surface area (Å²) in [7, 11) is 0.337. The van der Waals surface area contributed by atoms with Crippen LogP contribution in [0.4, 0.5) is 0 Å². The van der Waals surface area contributed by atoms with Gasteiger partial charge in [-0.2, -0.15) is 17.7 Å². The normalized spacial score (nSPS) is 35.0. The van der Waals surface area contributed by atoms with Crippen LogP contribution in [-0.2, 0) is 15.6 Å². The maximum absolute atomic E-state index is 6.28. The molecule has 116 valence electrons. The van der Waals surface area contributed by atoms with Gasteiger partial charge in [0.1, 0.15) is 4.75 Å². The highest BCUT2D eigenvalue weighted by molar-refractivity contribution is 7.98. The smallest absolute Gasteiger partial charge is 0.208 e. The Kier molecular flexibility index (Phi) is 4.56. The molecule has 21 heavy (non-hydrogen) atoms.